The number of likely N-dealkylation sites (tertiary alicyclic amines) is 2. The van der Waals surface area contributed by atoms with E-state index in [1.807, 2.05) is 11.4 Å². The van der Waals surface area contributed by atoms with Crippen molar-refractivity contribution in [3.63, 3.8) is 0 Å². The van der Waals surface area contributed by atoms with Crippen molar-refractivity contribution in [2.24, 2.45) is 29.1 Å². The van der Waals surface area contributed by atoms with Gasteiger partial charge in [-0.15, -0.1) is 0 Å². The highest BCUT2D eigenvalue weighted by molar-refractivity contribution is 6.32. The van der Waals surface area contributed by atoms with Gasteiger partial charge in [-0.3, -0.25) is 19.2 Å². The Morgan fingerprint density at radius 1 is 1.24 bits per heavy atom. The lowest BCUT2D eigenvalue weighted by molar-refractivity contribution is -0.151. The molecule has 1 aromatic heterocycles. The minimum atomic E-state index is -4.30. The van der Waals surface area contributed by atoms with Crippen molar-refractivity contribution in [1.82, 2.24) is 20.1 Å². The van der Waals surface area contributed by atoms with E-state index < -0.39 is 88.5 Å². The first-order valence-electron chi connectivity index (χ1n) is 14.6. The molecular weight excluding hydrogens is 624 g/mol. The number of hydrogen-bond donors (Lipinski definition) is 2. The van der Waals surface area contributed by atoms with E-state index in [0.29, 0.717) is 6.42 Å². The number of fused-ring (bicyclic) bond motifs is 6. The highest BCUT2D eigenvalue weighted by Gasteiger charge is 2.65. The molecule has 4 heterocycles. The van der Waals surface area contributed by atoms with Crippen LogP contribution in [0.5, 0.6) is 5.75 Å². The van der Waals surface area contributed by atoms with Gasteiger partial charge in [-0.05, 0) is 53.5 Å². The molecule has 0 aromatic carbocycles. The summed E-state index contributed by atoms with van der Waals surface area (Å²) < 4.78 is 62.4. The first kappa shape index (κ1) is 31.3. The van der Waals surface area contributed by atoms with E-state index in [0.717, 1.165) is 17.2 Å². The van der Waals surface area contributed by atoms with E-state index in [2.05, 4.69) is 10.3 Å². The van der Waals surface area contributed by atoms with Crippen molar-refractivity contribution in [2.75, 3.05) is 18.4 Å². The minimum absolute atomic E-state index is 0.0129. The average Bonchev–Trinajstić information content (AvgIpc) is 3.70. The van der Waals surface area contributed by atoms with Gasteiger partial charge in [-0.2, -0.15) is 14.0 Å². The number of aromatic nitrogens is 1. The van der Waals surface area contributed by atoms with Gasteiger partial charge >= 0.3 is 11.3 Å². The van der Waals surface area contributed by atoms with E-state index in [1.165, 1.54) is 4.90 Å². The average molecular weight is 655 g/mol. The molecule has 45 heavy (non-hydrogen) atoms. The molecule has 16 heteroatoms. The second kappa shape index (κ2) is 10.4. The highest BCUT2D eigenvalue weighted by Crippen LogP contribution is 2.59. The van der Waals surface area contributed by atoms with Gasteiger partial charge in [0.25, 0.3) is 5.91 Å². The second-order valence-electron chi connectivity index (χ2n) is 13.7. The van der Waals surface area contributed by atoms with E-state index in [-0.39, 0.29) is 42.8 Å². The van der Waals surface area contributed by atoms with Crippen LogP contribution in [0, 0.1) is 46.2 Å². The number of halogens is 5. The summed E-state index contributed by atoms with van der Waals surface area (Å²) in [5, 5.41) is 10.3. The predicted molar refractivity (Wildman–Crippen MR) is 148 cm³/mol. The monoisotopic (exact) mass is 654 g/mol. The molecule has 1 aromatic rings. The third kappa shape index (κ3) is 5.05. The summed E-state index contributed by atoms with van der Waals surface area (Å²) in [4.78, 5) is 60.3. The largest absolute Gasteiger partial charge is 0.471 e. The van der Waals surface area contributed by atoms with Gasteiger partial charge in [0.2, 0.25) is 17.4 Å². The molecule has 1 spiro atoms. The van der Waals surface area contributed by atoms with Gasteiger partial charge < -0.3 is 25.2 Å². The van der Waals surface area contributed by atoms with Crippen molar-refractivity contribution in [1.29, 1.82) is 5.26 Å². The Labute approximate surface area is 260 Å². The molecule has 4 amide bonds. The van der Waals surface area contributed by atoms with Crippen LogP contribution >= 0.6 is 11.6 Å². The smallest absolute Gasteiger partial charge is 0.399 e. The standard InChI is InChI=1S/C29H31ClF4N6O5/c1-27(2,3)21(37-26(44)29(30,33)34)24(42)39-10-16-12-4-15(17(32)5-12)19(16)20(39)23(41)40-11-28(7-14(40)8-35)25(43)38-22-18(45-28)6-13(31)9-36-22/h6,9,12,14-17,19-21H,4-5,7,10-11H2,1-3H3,(H,37,44)(H,36,38,43). The summed E-state index contributed by atoms with van der Waals surface area (Å²) in [7, 11) is 0. The van der Waals surface area contributed by atoms with Crippen molar-refractivity contribution in [3.05, 3.63) is 18.1 Å². The molecule has 5 aliphatic rings. The lowest BCUT2D eigenvalue weighted by Gasteiger charge is -2.39. The Balaban J connectivity index is 1.35. The first-order chi connectivity index (χ1) is 20.9. The van der Waals surface area contributed by atoms with Crippen molar-refractivity contribution in [2.45, 2.75) is 75.3 Å². The number of anilines is 1. The fourth-order valence-corrected chi connectivity index (χ4v) is 8.03. The maximum Gasteiger partial charge on any atom is 0.399 e. The molecule has 3 aliphatic heterocycles. The Kier molecular flexibility index (Phi) is 7.26. The van der Waals surface area contributed by atoms with Crippen molar-refractivity contribution in [3.8, 4) is 11.8 Å². The number of nitrogens with one attached hydrogen (secondary N) is 2. The summed E-state index contributed by atoms with van der Waals surface area (Å²) in [5.74, 6) is -6.63. The molecule has 9 atom stereocenters. The van der Waals surface area contributed by atoms with Crippen LogP contribution in [0.1, 0.15) is 40.0 Å². The Bertz CT molecular complexity index is 1510. The number of pyridine rings is 1. The predicted octanol–water partition coefficient (Wildman–Crippen LogP) is 2.60. The van der Waals surface area contributed by atoms with Gasteiger partial charge in [0.15, 0.2) is 11.6 Å². The fourth-order valence-electron chi connectivity index (χ4n) is 7.98. The summed E-state index contributed by atoms with van der Waals surface area (Å²) in [6, 6.07) is -1.04. The summed E-state index contributed by atoms with van der Waals surface area (Å²) in [6.45, 7) is 4.21. The van der Waals surface area contributed by atoms with Gasteiger partial charge in [0.1, 0.15) is 30.1 Å². The number of nitrogens with zero attached hydrogens (tertiary/aromatic N) is 4. The minimum Gasteiger partial charge on any atom is -0.471 e. The summed E-state index contributed by atoms with van der Waals surface area (Å²) >= 11 is 4.93. The molecule has 242 valence electrons. The molecule has 11 nitrogen and oxygen atoms in total. The molecule has 2 saturated carbocycles. The van der Waals surface area contributed by atoms with E-state index in [9.17, 15) is 37.6 Å². The topological polar surface area (TPSA) is 145 Å². The van der Waals surface area contributed by atoms with Crippen LogP contribution in [0.4, 0.5) is 23.4 Å². The Morgan fingerprint density at radius 2 is 1.96 bits per heavy atom. The number of alkyl halides is 4. The fraction of sp³-hybridized carbons (Fsp3) is 0.655. The number of amides is 4. The number of hydrogen-bond acceptors (Lipinski definition) is 7. The number of nitriles is 1. The zero-order valence-corrected chi connectivity index (χ0v) is 25.3. The van der Waals surface area contributed by atoms with Crippen LogP contribution < -0.4 is 15.4 Å². The van der Waals surface area contributed by atoms with Crippen LogP contribution in [0.25, 0.3) is 0 Å². The normalized spacial score (nSPS) is 34.1. The highest BCUT2D eigenvalue weighted by atomic mass is 35.5. The number of rotatable bonds is 4. The number of ether oxygens (including phenoxy) is 1. The molecule has 0 radical (unpaired) electrons. The molecule has 6 rings (SSSR count). The van der Waals surface area contributed by atoms with Crippen LogP contribution in [0.2, 0.25) is 0 Å². The summed E-state index contributed by atoms with van der Waals surface area (Å²) in [5.41, 5.74) is -2.89. The van der Waals surface area contributed by atoms with E-state index in [4.69, 9.17) is 16.3 Å². The van der Waals surface area contributed by atoms with Crippen molar-refractivity contribution >= 4 is 41.0 Å². The SMILES string of the molecule is CC(C)(C)C(NC(=O)C(F)(F)Cl)C(=O)N1CC2C3CC(F)C(C3)C2C1C(=O)N1CC2(CC1C#N)Oc1cc(F)cnc1NC2=O. The molecule has 2 saturated heterocycles. The van der Waals surface area contributed by atoms with Crippen LogP contribution in [-0.4, -0.2) is 86.8 Å². The maximum absolute atomic E-state index is 15.2. The molecule has 9 unspecified atom stereocenters. The van der Waals surface area contributed by atoms with Crippen molar-refractivity contribution < 1.29 is 41.5 Å². The first-order valence-corrected chi connectivity index (χ1v) is 15.0. The van der Waals surface area contributed by atoms with Gasteiger partial charge in [-0.1, -0.05) is 20.8 Å². The Hall–Kier alpha value is -3.67. The third-order valence-electron chi connectivity index (χ3n) is 9.98. The molecule has 4 fully saturated rings. The molecular formula is C29H31ClF4N6O5. The number of carbonyl (C=O) groups is 4. The van der Waals surface area contributed by atoms with Crippen LogP contribution in [0.15, 0.2) is 12.3 Å². The summed E-state index contributed by atoms with van der Waals surface area (Å²) in [6.07, 6.45) is 0.151. The molecule has 2 N–H and O–H groups in total. The third-order valence-corrected chi connectivity index (χ3v) is 10.2. The van der Waals surface area contributed by atoms with E-state index in [1.54, 1.807) is 20.8 Å². The quantitative estimate of drug-likeness (QED) is 0.375. The van der Waals surface area contributed by atoms with Gasteiger partial charge in [0, 0.05) is 19.0 Å². The molecule has 2 bridgehead atoms. The van der Waals surface area contributed by atoms with E-state index >= 15 is 4.39 Å². The zero-order valence-electron chi connectivity index (χ0n) is 24.5. The lowest BCUT2D eigenvalue weighted by Crippen LogP contribution is -2.61. The van der Waals surface area contributed by atoms with Gasteiger partial charge in [0.05, 0.1) is 18.8 Å². The van der Waals surface area contributed by atoms with Gasteiger partial charge in [-0.25, -0.2) is 13.8 Å². The van der Waals surface area contributed by atoms with Crippen LogP contribution in [0.3, 0.4) is 0 Å². The Morgan fingerprint density at radius 3 is 2.60 bits per heavy atom. The zero-order chi connectivity index (χ0) is 32.8. The maximum atomic E-state index is 15.2. The van der Waals surface area contributed by atoms with Crippen LogP contribution in [-0.2, 0) is 19.2 Å². The second-order valence-corrected chi connectivity index (χ2v) is 14.2. The number of carbonyl (C=O) groups excluding carboxylic acids is 4. The molecule has 2 aliphatic carbocycles. The lowest BCUT2D eigenvalue weighted by atomic mass is 9.77.